The van der Waals surface area contributed by atoms with Crippen molar-refractivity contribution in [1.29, 1.82) is 0 Å². The van der Waals surface area contributed by atoms with Gasteiger partial charge in [-0.15, -0.1) is 0 Å². The van der Waals surface area contributed by atoms with Crippen LogP contribution >= 0.6 is 0 Å². The summed E-state index contributed by atoms with van der Waals surface area (Å²) >= 11 is 0. The van der Waals surface area contributed by atoms with Crippen molar-refractivity contribution in [3.05, 3.63) is 54.1 Å². The van der Waals surface area contributed by atoms with Crippen LogP contribution < -0.4 is 10.6 Å². The summed E-state index contributed by atoms with van der Waals surface area (Å²) < 4.78 is 2.08. The number of nitrogens with one attached hydrogen (secondary N) is 2. The average Bonchev–Trinajstić information content (AvgIpc) is 3.24. The summed E-state index contributed by atoms with van der Waals surface area (Å²) in [6.45, 7) is 10.2. The minimum absolute atomic E-state index is 0.677. The number of aromatic nitrogens is 2. The topological polar surface area (TPSA) is 57.5 Å². The number of rotatable bonds is 9. The number of hydrogen-bond donors (Lipinski definition) is 2. The fourth-order valence-corrected chi connectivity index (χ4v) is 3.91. The Balaban J connectivity index is 1.47. The molecule has 2 N–H and O–H groups in total. The van der Waals surface area contributed by atoms with Gasteiger partial charge in [0.25, 0.3) is 0 Å². The smallest absolute Gasteiger partial charge is 0.191 e. The van der Waals surface area contributed by atoms with Gasteiger partial charge in [0, 0.05) is 44.6 Å². The van der Waals surface area contributed by atoms with Gasteiger partial charge in [0.1, 0.15) is 0 Å². The maximum atomic E-state index is 4.78. The van der Waals surface area contributed by atoms with Crippen LogP contribution in [0.4, 0.5) is 0 Å². The quantitative estimate of drug-likeness (QED) is 0.388. The number of nitrogens with zero attached hydrogens (tertiary/aromatic N) is 4. The number of hydrogen-bond acceptors (Lipinski definition) is 3. The van der Waals surface area contributed by atoms with Crippen molar-refractivity contribution in [2.75, 3.05) is 26.2 Å². The third-order valence-electron chi connectivity index (χ3n) is 5.53. The zero-order chi connectivity index (χ0) is 20.3. The molecule has 1 aliphatic heterocycles. The van der Waals surface area contributed by atoms with E-state index in [0.717, 1.165) is 38.1 Å². The first-order valence-corrected chi connectivity index (χ1v) is 11.0. The lowest BCUT2D eigenvalue weighted by Gasteiger charge is -2.33. The molecule has 0 spiro atoms. The molecule has 29 heavy (non-hydrogen) atoms. The number of imidazole rings is 1. The van der Waals surface area contributed by atoms with Crippen LogP contribution in [0.1, 0.15) is 50.7 Å². The summed E-state index contributed by atoms with van der Waals surface area (Å²) in [5.41, 5.74) is 2.49. The number of piperidine rings is 1. The lowest BCUT2D eigenvalue weighted by molar-refractivity contribution is 0.159. The first-order valence-electron chi connectivity index (χ1n) is 11.0. The Kier molecular flexibility index (Phi) is 8.56. The predicted molar refractivity (Wildman–Crippen MR) is 120 cm³/mol. The van der Waals surface area contributed by atoms with Crippen molar-refractivity contribution in [2.45, 2.75) is 58.7 Å². The van der Waals surface area contributed by atoms with E-state index in [1.165, 1.54) is 43.5 Å². The van der Waals surface area contributed by atoms with E-state index in [0.29, 0.717) is 6.54 Å². The largest absolute Gasteiger partial charge is 0.357 e. The monoisotopic (exact) mass is 396 g/mol. The van der Waals surface area contributed by atoms with Crippen LogP contribution in [0.2, 0.25) is 0 Å². The van der Waals surface area contributed by atoms with Gasteiger partial charge in [-0.2, -0.15) is 0 Å². The van der Waals surface area contributed by atoms with Gasteiger partial charge in [-0.05, 0) is 50.8 Å². The molecule has 3 rings (SSSR count). The molecule has 1 saturated heterocycles. The standard InChI is InChI=1S/C23H36N6/c1-3-25-23(26-11-7-14-29-13-5-4-8-20(29)2)27-17-21-9-6-10-22(16-21)18-28-15-12-24-19-28/h6,9-10,12,15-16,19-20H,3-5,7-8,11,13-14,17-18H2,1-2H3,(H2,25,26,27). The van der Waals surface area contributed by atoms with Crippen molar-refractivity contribution in [3.8, 4) is 0 Å². The van der Waals surface area contributed by atoms with Crippen LogP contribution in [0.5, 0.6) is 0 Å². The van der Waals surface area contributed by atoms with E-state index < -0.39 is 0 Å². The van der Waals surface area contributed by atoms with E-state index >= 15 is 0 Å². The zero-order valence-electron chi connectivity index (χ0n) is 18.0. The lowest BCUT2D eigenvalue weighted by atomic mass is 10.0. The second kappa shape index (κ2) is 11.6. The maximum Gasteiger partial charge on any atom is 0.191 e. The highest BCUT2D eigenvalue weighted by atomic mass is 15.2. The third kappa shape index (κ3) is 7.20. The van der Waals surface area contributed by atoms with Crippen LogP contribution in [-0.2, 0) is 13.1 Å². The van der Waals surface area contributed by atoms with E-state index in [4.69, 9.17) is 4.99 Å². The van der Waals surface area contributed by atoms with E-state index in [1.807, 2.05) is 18.7 Å². The van der Waals surface area contributed by atoms with Crippen molar-refractivity contribution in [1.82, 2.24) is 25.1 Å². The van der Waals surface area contributed by atoms with Crippen molar-refractivity contribution in [3.63, 3.8) is 0 Å². The summed E-state index contributed by atoms with van der Waals surface area (Å²) in [5.74, 6) is 0.902. The van der Waals surface area contributed by atoms with Crippen LogP contribution in [0.25, 0.3) is 0 Å². The van der Waals surface area contributed by atoms with Crippen molar-refractivity contribution >= 4 is 5.96 Å². The molecule has 2 heterocycles. The Morgan fingerprint density at radius 1 is 1.24 bits per heavy atom. The highest BCUT2D eigenvalue weighted by molar-refractivity contribution is 5.79. The first-order chi connectivity index (χ1) is 14.2. The molecule has 0 bridgehead atoms. The molecular formula is C23H36N6. The van der Waals surface area contributed by atoms with Gasteiger partial charge in [-0.25, -0.2) is 9.98 Å². The van der Waals surface area contributed by atoms with E-state index in [-0.39, 0.29) is 0 Å². The number of likely N-dealkylation sites (tertiary alicyclic amines) is 1. The van der Waals surface area contributed by atoms with E-state index in [1.54, 1.807) is 0 Å². The van der Waals surface area contributed by atoms with Gasteiger partial charge in [0.05, 0.1) is 12.9 Å². The summed E-state index contributed by atoms with van der Waals surface area (Å²) in [5, 5.41) is 6.86. The Morgan fingerprint density at radius 3 is 2.93 bits per heavy atom. The molecule has 6 heteroatoms. The summed E-state index contributed by atoms with van der Waals surface area (Å²) in [6.07, 6.45) is 10.9. The molecule has 0 radical (unpaired) electrons. The zero-order valence-corrected chi connectivity index (χ0v) is 18.0. The summed E-state index contributed by atoms with van der Waals surface area (Å²) in [7, 11) is 0. The molecule has 1 aromatic carbocycles. The summed E-state index contributed by atoms with van der Waals surface area (Å²) in [6, 6.07) is 9.36. The fourth-order valence-electron chi connectivity index (χ4n) is 3.91. The molecule has 2 aromatic rings. The normalized spacial score (nSPS) is 18.0. The minimum atomic E-state index is 0.677. The number of benzene rings is 1. The summed E-state index contributed by atoms with van der Waals surface area (Å²) in [4.78, 5) is 11.5. The van der Waals surface area contributed by atoms with Gasteiger partial charge >= 0.3 is 0 Å². The highest BCUT2D eigenvalue weighted by Crippen LogP contribution is 2.16. The molecule has 0 saturated carbocycles. The van der Waals surface area contributed by atoms with E-state index in [2.05, 4.69) is 63.2 Å². The Hall–Kier alpha value is -2.34. The van der Waals surface area contributed by atoms with Gasteiger partial charge in [-0.1, -0.05) is 30.7 Å². The molecule has 0 aliphatic carbocycles. The molecule has 1 aromatic heterocycles. The molecule has 1 unspecified atom stereocenters. The van der Waals surface area contributed by atoms with Crippen molar-refractivity contribution < 1.29 is 0 Å². The molecule has 0 amide bonds. The average molecular weight is 397 g/mol. The van der Waals surface area contributed by atoms with Crippen LogP contribution in [0, 0.1) is 0 Å². The fraction of sp³-hybridized carbons (Fsp3) is 0.565. The first kappa shape index (κ1) is 21.4. The molecule has 1 fully saturated rings. The SMILES string of the molecule is CCNC(=NCc1cccc(Cn2ccnc2)c1)NCCCN1CCCCC1C. The van der Waals surface area contributed by atoms with Gasteiger partial charge in [0.2, 0.25) is 0 Å². The molecular weight excluding hydrogens is 360 g/mol. The second-order valence-corrected chi connectivity index (χ2v) is 7.91. The van der Waals surface area contributed by atoms with Gasteiger partial charge < -0.3 is 20.1 Å². The van der Waals surface area contributed by atoms with Crippen molar-refractivity contribution in [2.24, 2.45) is 4.99 Å². The lowest BCUT2D eigenvalue weighted by Crippen LogP contribution is -2.41. The predicted octanol–water partition coefficient (Wildman–Crippen LogP) is 3.25. The van der Waals surface area contributed by atoms with Crippen LogP contribution in [-0.4, -0.2) is 52.6 Å². The minimum Gasteiger partial charge on any atom is -0.357 e. The Labute approximate surface area is 175 Å². The van der Waals surface area contributed by atoms with Crippen LogP contribution in [0.3, 0.4) is 0 Å². The van der Waals surface area contributed by atoms with Gasteiger partial charge in [0.15, 0.2) is 5.96 Å². The number of guanidine groups is 1. The highest BCUT2D eigenvalue weighted by Gasteiger charge is 2.17. The van der Waals surface area contributed by atoms with Gasteiger partial charge in [-0.3, -0.25) is 0 Å². The maximum absolute atomic E-state index is 4.78. The molecule has 1 aliphatic rings. The third-order valence-corrected chi connectivity index (χ3v) is 5.53. The molecule has 6 nitrogen and oxygen atoms in total. The molecule has 158 valence electrons. The van der Waals surface area contributed by atoms with E-state index in [9.17, 15) is 0 Å². The molecule has 1 atom stereocenters. The Morgan fingerprint density at radius 2 is 2.14 bits per heavy atom. The number of aliphatic imine (C=N–C) groups is 1. The Bertz CT molecular complexity index is 740. The second-order valence-electron chi connectivity index (χ2n) is 7.91. The van der Waals surface area contributed by atoms with Crippen LogP contribution in [0.15, 0.2) is 48.0 Å².